The van der Waals surface area contributed by atoms with Crippen LogP contribution >= 0.6 is 0 Å². The number of aromatic nitrogens is 2. The summed E-state index contributed by atoms with van der Waals surface area (Å²) >= 11 is 0. The number of nitrogens with one attached hydrogen (secondary N) is 2. The summed E-state index contributed by atoms with van der Waals surface area (Å²) in [4.78, 5) is 7.97. The molecule has 0 bridgehead atoms. The first-order valence-corrected chi connectivity index (χ1v) is 11.1. The maximum Gasteiger partial charge on any atom is 0.138 e. The first-order chi connectivity index (χ1) is 15.2. The number of aromatic amines is 1. The summed E-state index contributed by atoms with van der Waals surface area (Å²) in [5.41, 5.74) is 4.85. The number of allylic oxidation sites excluding steroid dienone is 1. The van der Waals surface area contributed by atoms with Crippen LogP contribution in [0.3, 0.4) is 0 Å². The standard InChI is InChI=1S/C25H28FN3O2/c1-30-24-9-6-17(26)13-21(24)20-10-11-27-25-22(20)14-23(29-25)16-4-7-18(8-5-16)28-15-19-3-2-12-31-19/h4,6,9-11,13-14,18-19,28H,2-3,5,7-8,12,15H2,1H3,(H,27,29). The number of fused-ring (bicyclic) bond motifs is 1. The van der Waals surface area contributed by atoms with Gasteiger partial charge in [0.05, 0.1) is 13.2 Å². The molecule has 31 heavy (non-hydrogen) atoms. The summed E-state index contributed by atoms with van der Waals surface area (Å²) < 4.78 is 25.2. The first-order valence-electron chi connectivity index (χ1n) is 11.1. The fourth-order valence-electron chi connectivity index (χ4n) is 4.69. The van der Waals surface area contributed by atoms with Crippen molar-refractivity contribution in [3.8, 4) is 16.9 Å². The third-order valence-electron chi connectivity index (χ3n) is 6.40. The van der Waals surface area contributed by atoms with E-state index in [0.29, 0.717) is 17.9 Å². The van der Waals surface area contributed by atoms with Gasteiger partial charge in [0.2, 0.25) is 0 Å². The minimum absolute atomic E-state index is 0.284. The first kappa shape index (κ1) is 20.2. The van der Waals surface area contributed by atoms with Crippen molar-refractivity contribution in [1.29, 1.82) is 0 Å². The molecule has 2 unspecified atom stereocenters. The number of hydrogen-bond donors (Lipinski definition) is 2. The van der Waals surface area contributed by atoms with E-state index in [2.05, 4.69) is 27.4 Å². The predicted octanol–water partition coefficient (Wildman–Crippen LogP) is 5.08. The van der Waals surface area contributed by atoms with Gasteiger partial charge in [-0.15, -0.1) is 0 Å². The Morgan fingerprint density at radius 3 is 2.94 bits per heavy atom. The predicted molar refractivity (Wildman–Crippen MR) is 121 cm³/mol. The van der Waals surface area contributed by atoms with Crippen LogP contribution in [0.25, 0.3) is 27.7 Å². The minimum atomic E-state index is -0.284. The molecule has 2 N–H and O–H groups in total. The lowest BCUT2D eigenvalue weighted by Crippen LogP contribution is -2.36. The topological polar surface area (TPSA) is 59.2 Å². The second-order valence-corrected chi connectivity index (χ2v) is 8.39. The zero-order valence-corrected chi connectivity index (χ0v) is 17.8. The summed E-state index contributed by atoms with van der Waals surface area (Å²) in [5.74, 6) is 0.363. The number of pyridine rings is 1. The van der Waals surface area contributed by atoms with Gasteiger partial charge in [0.15, 0.2) is 0 Å². The highest BCUT2D eigenvalue weighted by Crippen LogP contribution is 2.37. The number of ether oxygens (including phenoxy) is 2. The van der Waals surface area contributed by atoms with Crippen LogP contribution in [0.2, 0.25) is 0 Å². The van der Waals surface area contributed by atoms with Crippen molar-refractivity contribution < 1.29 is 13.9 Å². The van der Waals surface area contributed by atoms with Crippen LogP contribution in [0.4, 0.5) is 4.39 Å². The molecule has 5 nitrogen and oxygen atoms in total. The quantitative estimate of drug-likeness (QED) is 0.583. The van der Waals surface area contributed by atoms with E-state index in [9.17, 15) is 4.39 Å². The molecule has 2 aliphatic rings. The number of benzene rings is 1. The normalized spacial score (nSPS) is 21.4. The van der Waals surface area contributed by atoms with E-state index in [0.717, 1.165) is 60.3 Å². The Morgan fingerprint density at radius 1 is 1.23 bits per heavy atom. The molecule has 3 heterocycles. The van der Waals surface area contributed by atoms with Crippen LogP contribution < -0.4 is 10.1 Å². The fourth-order valence-corrected chi connectivity index (χ4v) is 4.69. The zero-order chi connectivity index (χ0) is 21.2. The van der Waals surface area contributed by atoms with Crippen LogP contribution in [0, 0.1) is 5.82 Å². The Labute approximate surface area is 181 Å². The Morgan fingerprint density at radius 2 is 2.16 bits per heavy atom. The number of methoxy groups -OCH3 is 1. The highest BCUT2D eigenvalue weighted by molar-refractivity contribution is 5.96. The van der Waals surface area contributed by atoms with Crippen molar-refractivity contribution >= 4 is 16.6 Å². The van der Waals surface area contributed by atoms with Crippen LogP contribution in [0.15, 0.2) is 42.6 Å². The Kier molecular flexibility index (Phi) is 5.74. The Balaban J connectivity index is 1.37. The van der Waals surface area contributed by atoms with Crippen molar-refractivity contribution in [3.63, 3.8) is 0 Å². The maximum atomic E-state index is 14.0. The van der Waals surface area contributed by atoms with Crippen LogP contribution in [0.5, 0.6) is 5.75 Å². The van der Waals surface area contributed by atoms with E-state index in [4.69, 9.17) is 9.47 Å². The van der Waals surface area contributed by atoms with E-state index < -0.39 is 0 Å². The van der Waals surface area contributed by atoms with Crippen LogP contribution in [-0.4, -0.2) is 42.4 Å². The molecule has 0 spiro atoms. The fraction of sp³-hybridized carbons (Fsp3) is 0.400. The monoisotopic (exact) mass is 421 g/mol. The van der Waals surface area contributed by atoms with Crippen molar-refractivity contribution in [2.45, 2.75) is 44.2 Å². The number of halogens is 1. The molecule has 0 amide bonds. The summed E-state index contributed by atoms with van der Waals surface area (Å²) in [6, 6.07) is 9.15. The summed E-state index contributed by atoms with van der Waals surface area (Å²) in [7, 11) is 1.60. The Bertz CT molecular complexity index is 1100. The van der Waals surface area contributed by atoms with Gasteiger partial charge in [0.1, 0.15) is 17.2 Å². The van der Waals surface area contributed by atoms with Crippen molar-refractivity contribution in [1.82, 2.24) is 15.3 Å². The van der Waals surface area contributed by atoms with Gasteiger partial charge in [0.25, 0.3) is 0 Å². The lowest BCUT2D eigenvalue weighted by atomic mass is 9.93. The molecule has 1 aliphatic carbocycles. The molecule has 0 radical (unpaired) electrons. The van der Waals surface area contributed by atoms with Gasteiger partial charge in [-0.2, -0.15) is 0 Å². The van der Waals surface area contributed by atoms with E-state index in [1.807, 2.05) is 6.07 Å². The van der Waals surface area contributed by atoms with Crippen molar-refractivity contribution in [2.24, 2.45) is 0 Å². The molecule has 162 valence electrons. The van der Waals surface area contributed by atoms with Gasteiger partial charge >= 0.3 is 0 Å². The maximum absolute atomic E-state index is 14.0. The van der Waals surface area contributed by atoms with Gasteiger partial charge in [-0.1, -0.05) is 6.08 Å². The third kappa shape index (κ3) is 4.23. The van der Waals surface area contributed by atoms with E-state index in [-0.39, 0.29) is 5.82 Å². The summed E-state index contributed by atoms with van der Waals surface area (Å²) in [6.07, 6.45) is 9.92. The molecule has 2 atom stereocenters. The largest absolute Gasteiger partial charge is 0.496 e. The molecule has 0 saturated carbocycles. The lowest BCUT2D eigenvalue weighted by molar-refractivity contribution is 0.107. The number of hydrogen-bond acceptors (Lipinski definition) is 4. The van der Waals surface area contributed by atoms with Gasteiger partial charge in [-0.25, -0.2) is 9.37 Å². The molecule has 2 aromatic heterocycles. The molecule has 6 heteroatoms. The zero-order valence-electron chi connectivity index (χ0n) is 17.8. The van der Waals surface area contributed by atoms with Gasteiger partial charge in [0, 0.05) is 42.0 Å². The van der Waals surface area contributed by atoms with E-state index in [1.165, 1.54) is 30.5 Å². The van der Waals surface area contributed by atoms with Gasteiger partial charge in [-0.05, 0) is 73.6 Å². The molecule has 1 aliphatic heterocycles. The number of H-pyrrole nitrogens is 1. The number of nitrogens with zero attached hydrogens (tertiary/aromatic N) is 1. The second-order valence-electron chi connectivity index (χ2n) is 8.39. The van der Waals surface area contributed by atoms with Crippen LogP contribution in [0.1, 0.15) is 37.8 Å². The molecule has 1 aromatic carbocycles. The molecular weight excluding hydrogens is 393 g/mol. The smallest absolute Gasteiger partial charge is 0.138 e. The lowest BCUT2D eigenvalue weighted by Gasteiger charge is -2.24. The number of rotatable bonds is 6. The van der Waals surface area contributed by atoms with Crippen molar-refractivity contribution in [3.05, 3.63) is 54.1 Å². The average Bonchev–Trinajstić information content (AvgIpc) is 3.47. The molecule has 1 fully saturated rings. The summed E-state index contributed by atoms with van der Waals surface area (Å²) in [6.45, 7) is 1.85. The Hall–Kier alpha value is -2.70. The molecule has 3 aromatic rings. The van der Waals surface area contributed by atoms with Gasteiger partial charge < -0.3 is 19.8 Å². The molecule has 1 saturated heterocycles. The van der Waals surface area contributed by atoms with Crippen molar-refractivity contribution in [2.75, 3.05) is 20.3 Å². The van der Waals surface area contributed by atoms with E-state index in [1.54, 1.807) is 19.4 Å². The van der Waals surface area contributed by atoms with Crippen LogP contribution in [-0.2, 0) is 4.74 Å². The van der Waals surface area contributed by atoms with Gasteiger partial charge in [-0.3, -0.25) is 0 Å². The minimum Gasteiger partial charge on any atom is -0.496 e. The average molecular weight is 422 g/mol. The highest BCUT2D eigenvalue weighted by Gasteiger charge is 2.21. The second kappa shape index (κ2) is 8.81. The summed E-state index contributed by atoms with van der Waals surface area (Å²) in [5, 5.41) is 4.64. The van der Waals surface area contributed by atoms with E-state index >= 15 is 0 Å². The molecule has 5 rings (SSSR count). The molecular formula is C25H28FN3O2. The SMILES string of the molecule is COc1ccc(F)cc1-c1ccnc2[nH]c(C3=CCC(NCC4CCCO4)CC3)cc12. The third-order valence-corrected chi connectivity index (χ3v) is 6.40. The highest BCUT2D eigenvalue weighted by atomic mass is 19.1.